The van der Waals surface area contributed by atoms with Gasteiger partial charge in [-0.3, -0.25) is 13.9 Å². The van der Waals surface area contributed by atoms with Gasteiger partial charge in [-0.05, 0) is 69.4 Å². The van der Waals surface area contributed by atoms with Crippen LogP contribution >= 0.6 is 0 Å². The average Bonchev–Trinajstić information content (AvgIpc) is 3.11. The number of carbonyl (C=O) groups is 1. The minimum absolute atomic E-state index is 0.0151. The Hall–Kier alpha value is -3.12. The number of aromatic nitrogens is 2. The molecule has 212 valence electrons. The fraction of sp³-hybridized carbons (Fsp3) is 0.481. The fourth-order valence-electron chi connectivity index (χ4n) is 4.85. The zero-order valence-corrected chi connectivity index (χ0v) is 22.9. The number of hydrogen-bond acceptors (Lipinski definition) is 6. The lowest BCUT2D eigenvalue weighted by Gasteiger charge is -2.32. The molecule has 2 aromatic carbocycles. The SMILES string of the molecule is CC(n1c(=O)n(-c2cc(OC(F)F)ccc2F)c2ccc(C(=O)CC3(C)CCS(=O)(=O)CC3)cc21)C(C)(C)O. The van der Waals surface area contributed by atoms with E-state index in [0.717, 1.165) is 22.8 Å². The predicted molar refractivity (Wildman–Crippen MR) is 140 cm³/mol. The first-order valence-electron chi connectivity index (χ1n) is 12.5. The number of aliphatic hydroxyl groups is 1. The molecular weight excluding hydrogens is 537 g/mol. The van der Waals surface area contributed by atoms with Gasteiger partial charge >= 0.3 is 12.3 Å². The molecule has 39 heavy (non-hydrogen) atoms. The van der Waals surface area contributed by atoms with E-state index in [4.69, 9.17) is 0 Å². The lowest BCUT2D eigenvalue weighted by atomic mass is 9.78. The second-order valence-electron chi connectivity index (χ2n) is 11.1. The van der Waals surface area contributed by atoms with Gasteiger partial charge in [0.1, 0.15) is 21.4 Å². The topological polar surface area (TPSA) is 108 Å². The predicted octanol–water partition coefficient (Wildman–Crippen LogP) is 4.65. The average molecular weight is 569 g/mol. The normalized spacial score (nSPS) is 17.9. The summed E-state index contributed by atoms with van der Waals surface area (Å²) in [5.41, 5.74) is -2.30. The first-order chi connectivity index (χ1) is 18.0. The van der Waals surface area contributed by atoms with Crippen LogP contribution in [0.3, 0.4) is 0 Å². The van der Waals surface area contributed by atoms with Crippen LogP contribution in [-0.2, 0) is 9.84 Å². The molecule has 3 aromatic rings. The van der Waals surface area contributed by atoms with Crippen LogP contribution in [0.4, 0.5) is 13.2 Å². The summed E-state index contributed by atoms with van der Waals surface area (Å²) in [6.45, 7) is 3.31. The zero-order valence-electron chi connectivity index (χ0n) is 22.1. The number of rotatable bonds is 8. The molecule has 0 saturated carbocycles. The molecule has 1 unspecified atom stereocenters. The number of hydrogen-bond donors (Lipinski definition) is 1. The Morgan fingerprint density at radius 1 is 1.13 bits per heavy atom. The number of imidazole rings is 1. The van der Waals surface area contributed by atoms with E-state index in [1.54, 1.807) is 6.92 Å². The van der Waals surface area contributed by atoms with Crippen LogP contribution in [0.1, 0.15) is 63.4 Å². The smallest absolute Gasteiger partial charge is 0.387 e. The summed E-state index contributed by atoms with van der Waals surface area (Å²) in [5.74, 6) is -1.43. The molecule has 4 rings (SSSR count). The van der Waals surface area contributed by atoms with Crippen LogP contribution in [-0.4, -0.2) is 52.2 Å². The van der Waals surface area contributed by atoms with E-state index in [-0.39, 0.29) is 51.7 Å². The Balaban J connectivity index is 1.85. The van der Waals surface area contributed by atoms with Crippen LogP contribution < -0.4 is 10.4 Å². The molecule has 0 radical (unpaired) electrons. The maximum Gasteiger partial charge on any atom is 0.387 e. The summed E-state index contributed by atoms with van der Waals surface area (Å²) >= 11 is 0. The highest BCUT2D eigenvalue weighted by molar-refractivity contribution is 7.91. The molecule has 2 heterocycles. The maximum absolute atomic E-state index is 15.0. The Labute approximate surface area is 223 Å². The number of Topliss-reactive ketones (excluding diaryl/α,β-unsaturated/α-hetero) is 1. The molecule has 0 aliphatic carbocycles. The van der Waals surface area contributed by atoms with Gasteiger partial charge in [0.2, 0.25) is 0 Å². The molecule has 8 nitrogen and oxygen atoms in total. The van der Waals surface area contributed by atoms with Gasteiger partial charge < -0.3 is 9.84 Å². The number of sulfone groups is 1. The Kier molecular flexibility index (Phi) is 7.50. The minimum atomic E-state index is -3.16. The van der Waals surface area contributed by atoms with Crippen LogP contribution in [0.2, 0.25) is 0 Å². The molecule has 0 amide bonds. The number of ketones is 1. The number of benzene rings is 2. The summed E-state index contributed by atoms with van der Waals surface area (Å²) in [6.07, 6.45) is 0.814. The summed E-state index contributed by atoms with van der Waals surface area (Å²) in [6, 6.07) is 6.51. The van der Waals surface area contributed by atoms with E-state index in [9.17, 15) is 36.3 Å². The van der Waals surface area contributed by atoms with E-state index in [1.165, 1.54) is 36.6 Å². The number of halogens is 3. The number of alkyl halides is 2. The van der Waals surface area contributed by atoms with Crippen molar-refractivity contribution in [1.82, 2.24) is 9.13 Å². The number of fused-ring (bicyclic) bond motifs is 1. The van der Waals surface area contributed by atoms with Crippen molar-refractivity contribution in [3.63, 3.8) is 0 Å². The van der Waals surface area contributed by atoms with Crippen molar-refractivity contribution in [1.29, 1.82) is 0 Å². The van der Waals surface area contributed by atoms with Crippen LogP contribution in [0.25, 0.3) is 16.7 Å². The largest absolute Gasteiger partial charge is 0.435 e. The Morgan fingerprint density at radius 3 is 2.36 bits per heavy atom. The molecule has 0 bridgehead atoms. The summed E-state index contributed by atoms with van der Waals surface area (Å²) in [4.78, 5) is 27.0. The summed E-state index contributed by atoms with van der Waals surface area (Å²) in [7, 11) is -3.11. The van der Waals surface area contributed by atoms with Gasteiger partial charge in [-0.1, -0.05) is 6.92 Å². The van der Waals surface area contributed by atoms with Crippen molar-refractivity contribution in [2.75, 3.05) is 11.5 Å². The summed E-state index contributed by atoms with van der Waals surface area (Å²) in [5, 5.41) is 10.7. The highest BCUT2D eigenvalue weighted by Gasteiger charge is 2.36. The van der Waals surface area contributed by atoms with Crippen LogP contribution in [0.5, 0.6) is 5.75 Å². The van der Waals surface area contributed by atoms with Crippen molar-refractivity contribution < 1.29 is 36.2 Å². The van der Waals surface area contributed by atoms with E-state index in [1.807, 2.05) is 6.92 Å². The van der Waals surface area contributed by atoms with Crippen LogP contribution in [0, 0.1) is 11.2 Å². The molecule has 1 aromatic heterocycles. The summed E-state index contributed by atoms with van der Waals surface area (Å²) < 4.78 is 70.9. The zero-order chi connectivity index (χ0) is 28.9. The third kappa shape index (κ3) is 5.91. The van der Waals surface area contributed by atoms with Gasteiger partial charge in [0.25, 0.3) is 0 Å². The lowest BCUT2D eigenvalue weighted by molar-refractivity contribution is -0.0498. The third-order valence-electron chi connectivity index (χ3n) is 7.61. The van der Waals surface area contributed by atoms with Crippen molar-refractivity contribution in [3.05, 3.63) is 58.3 Å². The van der Waals surface area contributed by atoms with Crippen molar-refractivity contribution >= 4 is 26.7 Å². The molecule has 1 N–H and O–H groups in total. The first kappa shape index (κ1) is 28.9. The van der Waals surface area contributed by atoms with E-state index >= 15 is 0 Å². The van der Waals surface area contributed by atoms with Gasteiger partial charge in [0, 0.05) is 18.1 Å². The van der Waals surface area contributed by atoms with Gasteiger partial charge in [0.15, 0.2) is 5.78 Å². The quantitative estimate of drug-likeness (QED) is 0.397. The van der Waals surface area contributed by atoms with Gasteiger partial charge in [-0.15, -0.1) is 0 Å². The molecule has 1 saturated heterocycles. The van der Waals surface area contributed by atoms with Crippen molar-refractivity contribution in [2.45, 2.75) is 65.2 Å². The molecular formula is C27H31F3N2O6S. The Bertz CT molecular complexity index is 1570. The molecule has 1 aliphatic rings. The first-order valence-corrected chi connectivity index (χ1v) is 14.3. The highest BCUT2D eigenvalue weighted by atomic mass is 32.2. The monoisotopic (exact) mass is 568 g/mol. The molecule has 1 atom stereocenters. The van der Waals surface area contributed by atoms with E-state index in [2.05, 4.69) is 4.74 Å². The molecule has 12 heteroatoms. The minimum Gasteiger partial charge on any atom is -0.435 e. The standard InChI is InChI=1S/C27H31F3N2O6S/c1-16(26(2,3)35)31-22-13-17(23(33)15-27(4)9-11-39(36,37)12-10-27)5-8-20(22)32(25(31)34)21-14-18(38-24(29)30)6-7-19(21)28/h5-8,13-14,16,24,35H,9-12,15H2,1-4H3. The van der Waals surface area contributed by atoms with Gasteiger partial charge in [0.05, 0.1) is 39.9 Å². The highest BCUT2D eigenvalue weighted by Crippen LogP contribution is 2.37. The van der Waals surface area contributed by atoms with Gasteiger partial charge in [-0.25, -0.2) is 17.6 Å². The molecule has 0 spiro atoms. The Morgan fingerprint density at radius 2 is 1.77 bits per heavy atom. The van der Waals surface area contributed by atoms with Gasteiger partial charge in [-0.2, -0.15) is 8.78 Å². The second kappa shape index (κ2) is 10.1. The van der Waals surface area contributed by atoms with E-state index < -0.39 is 45.0 Å². The van der Waals surface area contributed by atoms with E-state index in [0.29, 0.717) is 12.8 Å². The fourth-order valence-corrected chi connectivity index (χ4v) is 6.66. The van der Waals surface area contributed by atoms with Crippen LogP contribution in [0.15, 0.2) is 41.2 Å². The van der Waals surface area contributed by atoms with Crippen molar-refractivity contribution in [3.8, 4) is 11.4 Å². The number of ether oxygens (including phenoxy) is 1. The molecule has 1 aliphatic heterocycles. The number of carbonyl (C=O) groups excluding carboxylic acids is 1. The van der Waals surface area contributed by atoms with Crippen molar-refractivity contribution in [2.24, 2.45) is 5.41 Å². The second-order valence-corrected chi connectivity index (χ2v) is 13.4. The number of nitrogens with zero attached hydrogens (tertiary/aromatic N) is 2. The molecule has 1 fully saturated rings. The lowest BCUT2D eigenvalue weighted by Crippen LogP contribution is -2.37. The third-order valence-corrected chi connectivity index (χ3v) is 9.26. The maximum atomic E-state index is 15.0.